The third kappa shape index (κ3) is 3.14. The molecule has 8 nitrogen and oxygen atoms in total. The zero-order chi connectivity index (χ0) is 19.9. The number of hydrogen-bond donors (Lipinski definition) is 1. The van der Waals surface area contributed by atoms with Crippen LogP contribution in [0.4, 0.5) is 14.6 Å². The summed E-state index contributed by atoms with van der Waals surface area (Å²) in [6.45, 7) is 3.06. The minimum atomic E-state index is -2.69. The molecular weight excluding hydrogens is 368 g/mol. The van der Waals surface area contributed by atoms with Crippen molar-refractivity contribution >= 4 is 17.4 Å². The minimum Gasteiger partial charge on any atom is -0.369 e. The van der Waals surface area contributed by atoms with Crippen LogP contribution in [0.5, 0.6) is 0 Å². The van der Waals surface area contributed by atoms with Crippen molar-refractivity contribution in [2.75, 3.05) is 18.0 Å². The molecule has 0 aromatic carbocycles. The molecule has 4 heterocycles. The molecule has 2 N–H and O–H groups in total. The Morgan fingerprint density at radius 3 is 2.86 bits per heavy atom. The molecule has 0 spiro atoms. The first-order valence-electron chi connectivity index (χ1n) is 8.87. The zero-order valence-electron chi connectivity index (χ0n) is 15.2. The number of nitrogens with two attached hydrogens (primary N) is 1. The molecule has 1 amide bonds. The molecule has 146 valence electrons. The van der Waals surface area contributed by atoms with Gasteiger partial charge in [0.1, 0.15) is 17.2 Å². The van der Waals surface area contributed by atoms with E-state index in [-0.39, 0.29) is 11.6 Å². The van der Waals surface area contributed by atoms with Crippen LogP contribution in [0.15, 0.2) is 30.9 Å². The summed E-state index contributed by atoms with van der Waals surface area (Å²) < 4.78 is 27.5. The number of hydrogen-bond acceptors (Lipinski definition) is 6. The van der Waals surface area contributed by atoms with Crippen molar-refractivity contribution in [1.82, 2.24) is 24.3 Å². The number of halogens is 2. The quantitative estimate of drug-likeness (QED) is 0.736. The average Bonchev–Trinajstić information content (AvgIpc) is 3.11. The number of rotatable bonds is 4. The molecule has 4 rings (SSSR count). The second kappa shape index (κ2) is 6.77. The number of carbonyl (C=O) groups is 1. The van der Waals surface area contributed by atoms with Crippen LogP contribution in [0.25, 0.3) is 17.2 Å². The molecule has 0 saturated carbocycles. The van der Waals surface area contributed by atoms with Gasteiger partial charge in [-0.15, -0.1) is 0 Å². The number of primary amides is 1. The normalized spacial score (nSPS) is 20.1. The van der Waals surface area contributed by atoms with Gasteiger partial charge in [0.25, 0.3) is 6.43 Å². The van der Waals surface area contributed by atoms with Crippen LogP contribution in [0.3, 0.4) is 0 Å². The summed E-state index contributed by atoms with van der Waals surface area (Å²) in [6, 6.07) is 1.76. The fourth-order valence-corrected chi connectivity index (χ4v) is 3.47. The van der Waals surface area contributed by atoms with E-state index >= 15 is 0 Å². The maximum Gasteiger partial charge on any atom is 0.281 e. The summed E-state index contributed by atoms with van der Waals surface area (Å²) in [7, 11) is 0. The Labute approximate surface area is 159 Å². The topological polar surface area (TPSA) is 102 Å². The smallest absolute Gasteiger partial charge is 0.281 e. The largest absolute Gasteiger partial charge is 0.369 e. The first kappa shape index (κ1) is 18.2. The Hall–Kier alpha value is -3.17. The SMILES string of the molecule is CC1(C(N)=O)CCCN(c2ccnc(-c3cnc4cnc(C(F)F)cn34)n2)C1. The highest BCUT2D eigenvalue weighted by molar-refractivity contribution is 5.81. The van der Waals surface area contributed by atoms with Crippen molar-refractivity contribution in [2.24, 2.45) is 11.1 Å². The molecule has 0 aliphatic carbocycles. The first-order valence-corrected chi connectivity index (χ1v) is 8.87. The van der Waals surface area contributed by atoms with Crippen molar-refractivity contribution in [3.05, 3.63) is 36.5 Å². The summed E-state index contributed by atoms with van der Waals surface area (Å²) in [5.74, 6) is 0.665. The van der Waals surface area contributed by atoms with Crippen molar-refractivity contribution in [1.29, 1.82) is 0 Å². The second-order valence-corrected chi connectivity index (χ2v) is 7.17. The van der Waals surface area contributed by atoms with Gasteiger partial charge in [-0.05, 0) is 25.8 Å². The third-order valence-corrected chi connectivity index (χ3v) is 5.12. The number of amides is 1. The van der Waals surface area contributed by atoms with Gasteiger partial charge in [0.05, 0.1) is 17.8 Å². The molecular formula is C18H19F2N7O. The van der Waals surface area contributed by atoms with Crippen LogP contribution < -0.4 is 10.6 Å². The molecule has 1 aliphatic heterocycles. The van der Waals surface area contributed by atoms with E-state index in [1.807, 2.05) is 11.8 Å². The van der Waals surface area contributed by atoms with Crippen molar-refractivity contribution in [3.8, 4) is 11.5 Å². The Bertz CT molecular complexity index is 1040. The third-order valence-electron chi connectivity index (χ3n) is 5.12. The lowest BCUT2D eigenvalue weighted by Crippen LogP contribution is -2.49. The predicted octanol–water partition coefficient (Wildman–Crippen LogP) is 2.22. The number of aromatic nitrogens is 5. The van der Waals surface area contributed by atoms with Gasteiger partial charge in [-0.1, -0.05) is 0 Å². The number of alkyl halides is 2. The van der Waals surface area contributed by atoms with E-state index in [1.54, 1.807) is 12.3 Å². The molecule has 3 aromatic rings. The van der Waals surface area contributed by atoms with E-state index in [9.17, 15) is 13.6 Å². The lowest BCUT2D eigenvalue weighted by atomic mass is 9.81. The summed E-state index contributed by atoms with van der Waals surface area (Å²) >= 11 is 0. The number of nitrogens with zero attached hydrogens (tertiary/aromatic N) is 6. The van der Waals surface area contributed by atoms with E-state index in [4.69, 9.17) is 5.73 Å². The number of imidazole rings is 1. The Morgan fingerprint density at radius 1 is 1.29 bits per heavy atom. The van der Waals surface area contributed by atoms with Gasteiger partial charge < -0.3 is 10.6 Å². The highest BCUT2D eigenvalue weighted by atomic mass is 19.3. The summed E-state index contributed by atoms with van der Waals surface area (Å²) in [5, 5.41) is 0. The number of piperidine rings is 1. The minimum absolute atomic E-state index is 0.333. The average molecular weight is 387 g/mol. The van der Waals surface area contributed by atoms with Crippen LogP contribution in [-0.2, 0) is 4.79 Å². The van der Waals surface area contributed by atoms with Gasteiger partial charge in [0.15, 0.2) is 11.5 Å². The van der Waals surface area contributed by atoms with E-state index in [1.165, 1.54) is 23.0 Å². The summed E-state index contributed by atoms with van der Waals surface area (Å²) in [4.78, 5) is 30.6. The number of anilines is 1. The van der Waals surface area contributed by atoms with Gasteiger partial charge >= 0.3 is 0 Å². The van der Waals surface area contributed by atoms with Gasteiger partial charge in [0.2, 0.25) is 5.91 Å². The van der Waals surface area contributed by atoms with Gasteiger partial charge in [-0.25, -0.2) is 28.7 Å². The van der Waals surface area contributed by atoms with Crippen LogP contribution in [-0.4, -0.2) is 43.3 Å². The first-order chi connectivity index (χ1) is 13.4. The highest BCUT2D eigenvalue weighted by Gasteiger charge is 2.36. The molecule has 28 heavy (non-hydrogen) atoms. The standard InChI is InChI=1S/C18H19F2N7O/c1-18(17(21)28)4-2-6-26(10-18)13-3-5-22-16(25-13)12-7-24-14-8-23-11(15(19)20)9-27(12)14/h3,5,7-9,15H,2,4,6,10H2,1H3,(H2,21,28). The fourth-order valence-electron chi connectivity index (χ4n) is 3.47. The van der Waals surface area contributed by atoms with E-state index in [0.29, 0.717) is 29.5 Å². The Morgan fingerprint density at radius 2 is 2.11 bits per heavy atom. The van der Waals surface area contributed by atoms with Crippen molar-refractivity contribution in [2.45, 2.75) is 26.2 Å². The maximum absolute atomic E-state index is 13.0. The number of carbonyl (C=O) groups excluding carboxylic acids is 1. The van der Waals surface area contributed by atoms with Crippen molar-refractivity contribution < 1.29 is 13.6 Å². The lowest BCUT2D eigenvalue weighted by Gasteiger charge is -2.38. The van der Waals surface area contributed by atoms with Crippen LogP contribution in [0.1, 0.15) is 31.9 Å². The Kier molecular flexibility index (Phi) is 4.40. The molecule has 0 bridgehead atoms. The Balaban J connectivity index is 1.71. The second-order valence-electron chi connectivity index (χ2n) is 7.17. The maximum atomic E-state index is 13.0. The van der Waals surface area contributed by atoms with Gasteiger partial charge in [-0.2, -0.15) is 0 Å². The molecule has 10 heteroatoms. The number of fused-ring (bicyclic) bond motifs is 1. The zero-order valence-corrected chi connectivity index (χ0v) is 15.2. The van der Waals surface area contributed by atoms with Crippen LogP contribution in [0.2, 0.25) is 0 Å². The predicted molar refractivity (Wildman–Crippen MR) is 97.7 cm³/mol. The van der Waals surface area contributed by atoms with E-state index in [0.717, 1.165) is 19.4 Å². The van der Waals surface area contributed by atoms with E-state index < -0.39 is 11.8 Å². The molecule has 1 saturated heterocycles. The summed E-state index contributed by atoms with van der Waals surface area (Å²) in [6.07, 6.45) is 4.51. The van der Waals surface area contributed by atoms with E-state index in [2.05, 4.69) is 19.9 Å². The molecule has 1 atom stereocenters. The van der Waals surface area contributed by atoms with Crippen molar-refractivity contribution in [3.63, 3.8) is 0 Å². The van der Waals surface area contributed by atoms with Gasteiger partial charge in [0, 0.05) is 25.5 Å². The molecule has 0 radical (unpaired) electrons. The van der Waals surface area contributed by atoms with Gasteiger partial charge in [-0.3, -0.25) is 9.20 Å². The highest BCUT2D eigenvalue weighted by Crippen LogP contribution is 2.32. The molecule has 1 aliphatic rings. The molecule has 1 unspecified atom stereocenters. The monoisotopic (exact) mass is 387 g/mol. The molecule has 1 fully saturated rings. The van der Waals surface area contributed by atoms with Crippen LogP contribution in [0, 0.1) is 5.41 Å². The summed E-state index contributed by atoms with van der Waals surface area (Å²) in [5.41, 5.74) is 5.51. The lowest BCUT2D eigenvalue weighted by molar-refractivity contribution is -0.127. The fraction of sp³-hybridized carbons (Fsp3) is 0.389. The molecule has 3 aromatic heterocycles. The van der Waals surface area contributed by atoms with Crippen LogP contribution >= 0.6 is 0 Å².